The largest absolute Gasteiger partial charge is 0.494 e. The molecular formula is C29H43NO12. The number of rotatable bonds is 14. The molecule has 0 aromatic heterocycles. The number of aliphatic hydroxyl groups excluding tert-OH is 2. The van der Waals surface area contributed by atoms with Crippen molar-refractivity contribution in [2.75, 3.05) is 31.7 Å². The molecule has 13 heteroatoms. The molecule has 0 bridgehead atoms. The summed E-state index contributed by atoms with van der Waals surface area (Å²) >= 11 is 0. The van der Waals surface area contributed by atoms with E-state index in [1.54, 1.807) is 26.0 Å². The summed E-state index contributed by atoms with van der Waals surface area (Å²) in [7, 11) is 0. The van der Waals surface area contributed by atoms with Crippen LogP contribution < -0.4 is 10.1 Å². The van der Waals surface area contributed by atoms with E-state index in [1.165, 1.54) is 20.8 Å². The highest BCUT2D eigenvalue weighted by Gasteiger charge is 2.47. The molecular weight excluding hydrogens is 554 g/mol. The third-order valence-electron chi connectivity index (χ3n) is 6.54. The van der Waals surface area contributed by atoms with Crippen molar-refractivity contribution in [3.05, 3.63) is 23.3 Å². The van der Waals surface area contributed by atoms with Crippen molar-refractivity contribution in [2.45, 2.75) is 92.0 Å². The molecule has 0 spiro atoms. The third kappa shape index (κ3) is 10.2. The van der Waals surface area contributed by atoms with Gasteiger partial charge in [-0.05, 0) is 49.9 Å². The summed E-state index contributed by atoms with van der Waals surface area (Å²) < 4.78 is 33.1. The maximum atomic E-state index is 12.5. The number of benzene rings is 1. The van der Waals surface area contributed by atoms with Gasteiger partial charge in [-0.2, -0.15) is 0 Å². The van der Waals surface area contributed by atoms with Gasteiger partial charge in [0.25, 0.3) is 5.91 Å². The number of carbonyl (C=O) groups excluding carboxylic acids is 4. The Morgan fingerprint density at radius 2 is 1.50 bits per heavy atom. The van der Waals surface area contributed by atoms with E-state index in [4.69, 9.17) is 28.4 Å². The van der Waals surface area contributed by atoms with Crippen LogP contribution in [0.2, 0.25) is 0 Å². The van der Waals surface area contributed by atoms with Crippen molar-refractivity contribution in [2.24, 2.45) is 5.41 Å². The van der Waals surface area contributed by atoms with E-state index in [9.17, 15) is 29.4 Å². The zero-order valence-electron chi connectivity index (χ0n) is 25.3. The Labute approximate surface area is 245 Å². The van der Waals surface area contributed by atoms with Gasteiger partial charge in [0.05, 0.1) is 26.4 Å². The number of aliphatic hydroxyl groups is 2. The maximum absolute atomic E-state index is 12.5. The number of ether oxygens (including phenoxy) is 6. The summed E-state index contributed by atoms with van der Waals surface area (Å²) in [5.41, 5.74) is 1.07. The Bertz CT molecular complexity index is 1080. The first kappa shape index (κ1) is 34.9. The molecule has 3 N–H and O–H groups in total. The topological polar surface area (TPSA) is 176 Å². The predicted octanol–water partition coefficient (Wildman–Crippen LogP) is 1.95. The Balaban J connectivity index is 1.90. The normalized spacial score (nSPS) is 21.2. The monoisotopic (exact) mass is 597 g/mol. The van der Waals surface area contributed by atoms with Crippen LogP contribution in [0.1, 0.15) is 58.6 Å². The zero-order chi connectivity index (χ0) is 31.6. The van der Waals surface area contributed by atoms with Gasteiger partial charge >= 0.3 is 17.9 Å². The molecule has 1 aliphatic rings. The van der Waals surface area contributed by atoms with Crippen LogP contribution in [0, 0.1) is 19.3 Å². The van der Waals surface area contributed by atoms with Crippen LogP contribution in [0.5, 0.6) is 5.75 Å². The zero-order valence-corrected chi connectivity index (χ0v) is 25.3. The van der Waals surface area contributed by atoms with E-state index in [2.05, 4.69) is 5.32 Å². The molecule has 0 aliphatic carbocycles. The second-order valence-electron chi connectivity index (χ2n) is 10.9. The fourth-order valence-corrected chi connectivity index (χ4v) is 4.28. The molecule has 5 atom stereocenters. The van der Waals surface area contributed by atoms with Crippen molar-refractivity contribution >= 4 is 29.5 Å². The van der Waals surface area contributed by atoms with Crippen LogP contribution in [-0.2, 0) is 42.9 Å². The van der Waals surface area contributed by atoms with Crippen molar-refractivity contribution < 1.29 is 57.8 Å². The summed E-state index contributed by atoms with van der Waals surface area (Å²) in [6, 6.07) is 3.55. The van der Waals surface area contributed by atoms with Crippen LogP contribution >= 0.6 is 0 Å². The molecule has 2 rings (SSSR count). The van der Waals surface area contributed by atoms with Crippen molar-refractivity contribution in [3.8, 4) is 5.75 Å². The Morgan fingerprint density at radius 3 is 2.05 bits per heavy atom. The minimum Gasteiger partial charge on any atom is -0.494 e. The number of hydrogen-bond donors (Lipinski definition) is 3. The van der Waals surface area contributed by atoms with Gasteiger partial charge in [-0.15, -0.1) is 0 Å². The number of aryl methyl sites for hydroxylation is 2. The minimum absolute atomic E-state index is 0.115. The first-order valence-electron chi connectivity index (χ1n) is 13.7. The fourth-order valence-electron chi connectivity index (χ4n) is 4.28. The molecule has 0 saturated carbocycles. The number of anilines is 1. The molecule has 1 fully saturated rings. The first-order chi connectivity index (χ1) is 19.7. The van der Waals surface area contributed by atoms with Crippen molar-refractivity contribution in [1.29, 1.82) is 0 Å². The molecule has 1 amide bonds. The van der Waals surface area contributed by atoms with E-state index in [-0.39, 0.29) is 19.8 Å². The lowest BCUT2D eigenvalue weighted by Gasteiger charge is -2.40. The molecule has 1 unspecified atom stereocenters. The lowest BCUT2D eigenvalue weighted by Crippen LogP contribution is -2.58. The number of esters is 3. The predicted molar refractivity (Wildman–Crippen MR) is 149 cm³/mol. The summed E-state index contributed by atoms with van der Waals surface area (Å²) in [5.74, 6) is -1.89. The van der Waals surface area contributed by atoms with Gasteiger partial charge in [0, 0.05) is 31.9 Å². The number of hydrogen-bond acceptors (Lipinski definition) is 12. The highest BCUT2D eigenvalue weighted by molar-refractivity contribution is 5.96. The quantitative estimate of drug-likeness (QED) is 0.162. The van der Waals surface area contributed by atoms with Gasteiger partial charge in [-0.3, -0.25) is 19.2 Å². The number of carbonyl (C=O) groups is 4. The van der Waals surface area contributed by atoms with E-state index in [0.717, 1.165) is 11.1 Å². The van der Waals surface area contributed by atoms with Crippen molar-refractivity contribution in [3.63, 3.8) is 0 Å². The fraction of sp³-hybridized carbons (Fsp3) is 0.655. The second-order valence-corrected chi connectivity index (χ2v) is 10.9. The third-order valence-corrected chi connectivity index (χ3v) is 6.54. The highest BCUT2D eigenvalue weighted by Crippen LogP contribution is 2.29. The van der Waals surface area contributed by atoms with Gasteiger partial charge in [0.15, 0.2) is 24.6 Å². The SMILES string of the molecule is CC(=O)O[C@@H]1[C@@H](OC(C)=O)[C@@H](OCCCCOc2cc(C)c(NC(=O)C(O)C(C)(C)CO)c(C)c2)OC[C@H]1OC(C)=O. The highest BCUT2D eigenvalue weighted by atomic mass is 16.7. The van der Waals surface area contributed by atoms with E-state index >= 15 is 0 Å². The van der Waals surface area contributed by atoms with Gasteiger partial charge in [0.2, 0.25) is 0 Å². The summed E-state index contributed by atoms with van der Waals surface area (Å²) in [6.07, 6.45) is -4.46. The van der Waals surface area contributed by atoms with Gasteiger partial charge in [-0.1, -0.05) is 13.8 Å². The van der Waals surface area contributed by atoms with E-state index < -0.39 is 59.9 Å². The summed E-state index contributed by atoms with van der Waals surface area (Å²) in [6.45, 7) is 10.5. The summed E-state index contributed by atoms with van der Waals surface area (Å²) in [5, 5.41) is 22.4. The van der Waals surface area contributed by atoms with Gasteiger partial charge in [0.1, 0.15) is 11.9 Å². The molecule has 13 nitrogen and oxygen atoms in total. The van der Waals surface area contributed by atoms with E-state index in [0.29, 0.717) is 30.9 Å². The maximum Gasteiger partial charge on any atom is 0.303 e. The molecule has 1 saturated heterocycles. The summed E-state index contributed by atoms with van der Waals surface area (Å²) in [4.78, 5) is 47.4. The number of amides is 1. The van der Waals surface area contributed by atoms with Crippen LogP contribution in [0.15, 0.2) is 12.1 Å². The second kappa shape index (κ2) is 15.8. The first-order valence-corrected chi connectivity index (χ1v) is 13.7. The minimum atomic E-state index is -1.38. The van der Waals surface area contributed by atoms with Crippen LogP contribution in [0.4, 0.5) is 5.69 Å². The van der Waals surface area contributed by atoms with Gasteiger partial charge in [-0.25, -0.2) is 0 Å². The van der Waals surface area contributed by atoms with Crippen LogP contribution in [0.3, 0.4) is 0 Å². The number of nitrogens with one attached hydrogen (secondary N) is 1. The number of unbranched alkanes of at least 4 members (excludes halogenated alkanes) is 1. The van der Waals surface area contributed by atoms with Gasteiger partial charge < -0.3 is 44.0 Å². The molecule has 1 heterocycles. The molecule has 1 aliphatic heterocycles. The average Bonchev–Trinajstić information content (AvgIpc) is 2.89. The standard InChI is InChI=1S/C29H43NO12/c1-16-12-21(13-17(2)23(16)30-27(36)26(35)29(6,7)15-31)37-10-8-9-11-38-28-25(42-20(5)34)24(41-19(4)33)22(14-39-28)40-18(3)32/h12-13,22,24-26,28,31,35H,8-11,14-15H2,1-7H3,(H,30,36)/t22-,24+,25-,26?,28+/m1/s1. The molecule has 1 aromatic carbocycles. The molecule has 42 heavy (non-hydrogen) atoms. The Morgan fingerprint density at radius 1 is 0.952 bits per heavy atom. The molecule has 236 valence electrons. The lowest BCUT2D eigenvalue weighted by molar-refractivity contribution is -0.281. The molecule has 0 radical (unpaired) electrons. The van der Waals surface area contributed by atoms with Crippen LogP contribution in [0.25, 0.3) is 0 Å². The lowest BCUT2D eigenvalue weighted by atomic mass is 9.87. The Hall–Kier alpha value is -3.26. The smallest absolute Gasteiger partial charge is 0.303 e. The Kier molecular flexibility index (Phi) is 13.2. The molecule has 1 aromatic rings. The van der Waals surface area contributed by atoms with Crippen LogP contribution in [-0.4, -0.2) is 91.2 Å². The van der Waals surface area contributed by atoms with E-state index in [1.807, 2.05) is 13.8 Å². The van der Waals surface area contributed by atoms with Crippen molar-refractivity contribution in [1.82, 2.24) is 0 Å². The average molecular weight is 598 g/mol.